The molecule has 1 aliphatic heterocycles. The highest BCUT2D eigenvalue weighted by Crippen LogP contribution is 2.38. The van der Waals surface area contributed by atoms with Crippen molar-refractivity contribution < 1.29 is 14.9 Å². The molecule has 2 aliphatic rings. The lowest BCUT2D eigenvalue weighted by Crippen LogP contribution is -2.39. The van der Waals surface area contributed by atoms with E-state index in [1.807, 2.05) is 0 Å². The fraction of sp³-hybridized carbons (Fsp3) is 0.727. The third-order valence-corrected chi connectivity index (χ3v) is 3.15. The number of aliphatic hydroxyl groups is 2. The highest BCUT2D eigenvalue weighted by molar-refractivity contribution is 6.04. The molecule has 1 aliphatic carbocycles. The van der Waals surface area contributed by atoms with Crippen molar-refractivity contribution in [3.05, 3.63) is 12.0 Å². The fourth-order valence-electron chi connectivity index (χ4n) is 2.42. The van der Waals surface area contributed by atoms with Crippen molar-refractivity contribution in [2.75, 3.05) is 6.54 Å². The Balaban J connectivity index is 2.15. The van der Waals surface area contributed by atoms with Crippen LogP contribution in [0.15, 0.2) is 17.0 Å². The Hall–Kier alpha value is -1.07. The van der Waals surface area contributed by atoms with E-state index in [1.165, 1.54) is 6.42 Å². The Morgan fingerprint density at radius 2 is 2.06 bits per heavy atom. The van der Waals surface area contributed by atoms with Gasteiger partial charge in [-0.1, -0.05) is 6.42 Å². The van der Waals surface area contributed by atoms with Crippen LogP contribution in [0.3, 0.4) is 0 Å². The Kier molecular flexibility index (Phi) is 3.16. The average Bonchev–Trinajstić information content (AvgIpc) is 2.53. The molecule has 16 heavy (non-hydrogen) atoms. The Morgan fingerprint density at radius 1 is 1.38 bits per heavy atom. The van der Waals surface area contributed by atoms with Gasteiger partial charge in [0.25, 0.3) is 0 Å². The molecule has 0 aromatic heterocycles. The zero-order valence-corrected chi connectivity index (χ0v) is 9.22. The van der Waals surface area contributed by atoms with Crippen molar-refractivity contribution >= 4 is 5.71 Å². The van der Waals surface area contributed by atoms with Crippen LogP contribution in [0.1, 0.15) is 32.1 Å². The minimum Gasteiger partial charge on any atom is -0.466 e. The monoisotopic (exact) mass is 226 g/mol. The molecule has 1 spiro atoms. The molecule has 2 rings (SSSR count). The van der Waals surface area contributed by atoms with Crippen LogP contribution in [0.5, 0.6) is 0 Å². The molecule has 0 bridgehead atoms. The predicted octanol–water partition coefficient (Wildman–Crippen LogP) is 0.271. The second kappa shape index (κ2) is 4.43. The summed E-state index contributed by atoms with van der Waals surface area (Å²) < 4.78 is 5.68. The van der Waals surface area contributed by atoms with Gasteiger partial charge in [-0.05, 0) is 25.7 Å². The number of hydrogen-bond acceptors (Lipinski definition) is 5. The molecule has 0 aromatic rings. The molecule has 90 valence electrons. The molecule has 1 fully saturated rings. The van der Waals surface area contributed by atoms with Gasteiger partial charge in [0, 0.05) is 6.08 Å². The van der Waals surface area contributed by atoms with Gasteiger partial charge in [0.05, 0.1) is 12.3 Å². The quantitative estimate of drug-likeness (QED) is 0.590. The summed E-state index contributed by atoms with van der Waals surface area (Å²) in [5, 5.41) is 17.6. The van der Waals surface area contributed by atoms with Crippen LogP contribution in [0.25, 0.3) is 0 Å². The number of nitrogens with two attached hydrogens (primary N) is 1. The van der Waals surface area contributed by atoms with Gasteiger partial charge in [-0.15, -0.1) is 0 Å². The smallest absolute Gasteiger partial charge is 0.187 e. The molecule has 0 amide bonds. The maximum Gasteiger partial charge on any atom is 0.187 e. The van der Waals surface area contributed by atoms with Crippen molar-refractivity contribution in [3.8, 4) is 0 Å². The molecule has 0 radical (unpaired) electrons. The largest absolute Gasteiger partial charge is 0.466 e. The van der Waals surface area contributed by atoms with Crippen LogP contribution >= 0.6 is 0 Å². The minimum absolute atomic E-state index is 0.0236. The van der Waals surface area contributed by atoms with Gasteiger partial charge in [0.2, 0.25) is 0 Å². The van der Waals surface area contributed by atoms with Crippen LogP contribution in [0, 0.1) is 0 Å². The summed E-state index contributed by atoms with van der Waals surface area (Å²) in [5.74, 6) is 0.382. The van der Waals surface area contributed by atoms with Crippen molar-refractivity contribution in [2.45, 2.75) is 44.0 Å². The first kappa shape index (κ1) is 11.4. The summed E-state index contributed by atoms with van der Waals surface area (Å²) in [6.07, 6.45) is 5.51. The van der Waals surface area contributed by atoms with Gasteiger partial charge in [-0.2, -0.15) is 0 Å². The molecule has 4 N–H and O–H groups in total. The molecule has 0 atom stereocenters. The minimum atomic E-state index is -1.41. The summed E-state index contributed by atoms with van der Waals surface area (Å²) in [4.78, 5) is 4.19. The number of nitrogens with zero attached hydrogens (tertiary/aromatic N) is 1. The summed E-state index contributed by atoms with van der Waals surface area (Å²) >= 11 is 0. The highest BCUT2D eigenvalue weighted by atomic mass is 16.5. The lowest BCUT2D eigenvalue weighted by Gasteiger charge is -2.33. The number of aliphatic hydroxyl groups excluding tert-OH is 1. The van der Waals surface area contributed by atoms with Crippen LogP contribution in [0.4, 0.5) is 0 Å². The fourth-order valence-corrected chi connectivity index (χ4v) is 2.42. The van der Waals surface area contributed by atoms with E-state index in [2.05, 4.69) is 4.99 Å². The maximum atomic E-state index is 8.82. The Labute approximate surface area is 94.6 Å². The van der Waals surface area contributed by atoms with Crippen molar-refractivity contribution in [2.24, 2.45) is 10.7 Å². The number of rotatable bonds is 2. The molecular weight excluding hydrogens is 208 g/mol. The molecule has 5 nitrogen and oxygen atoms in total. The Morgan fingerprint density at radius 3 is 2.69 bits per heavy atom. The third kappa shape index (κ3) is 2.20. The summed E-state index contributed by atoms with van der Waals surface area (Å²) in [7, 11) is 0. The first-order chi connectivity index (χ1) is 7.62. The third-order valence-electron chi connectivity index (χ3n) is 3.15. The van der Waals surface area contributed by atoms with E-state index in [9.17, 15) is 0 Å². The van der Waals surface area contributed by atoms with Gasteiger partial charge in [-0.3, -0.25) is 4.99 Å². The first-order valence-electron chi connectivity index (χ1n) is 5.70. The molecule has 0 saturated heterocycles. The summed E-state index contributed by atoms with van der Waals surface area (Å²) in [6.45, 7) is -0.0236. The molecule has 0 aromatic carbocycles. The zero-order valence-electron chi connectivity index (χ0n) is 9.22. The Bertz CT molecular complexity index is 317. The van der Waals surface area contributed by atoms with Gasteiger partial charge >= 0.3 is 0 Å². The van der Waals surface area contributed by atoms with E-state index >= 15 is 0 Å². The highest BCUT2D eigenvalue weighted by Gasteiger charge is 2.42. The molecule has 5 heteroatoms. The first-order valence-corrected chi connectivity index (χ1v) is 5.70. The lowest BCUT2D eigenvalue weighted by molar-refractivity contribution is -0.0308. The number of aliphatic imine (C=N–C) groups is 1. The molecular formula is C11H18N2O3. The van der Waals surface area contributed by atoms with Gasteiger partial charge in [-0.25, -0.2) is 0 Å². The van der Waals surface area contributed by atoms with Crippen molar-refractivity contribution in [1.82, 2.24) is 0 Å². The number of ether oxygens (including phenoxy) is 1. The van der Waals surface area contributed by atoms with Crippen LogP contribution in [-0.2, 0) is 4.74 Å². The SMILES string of the molecule is NC1=CC(=NCC(O)O)C2(CCCCC2)O1. The van der Waals surface area contributed by atoms with Crippen molar-refractivity contribution in [3.63, 3.8) is 0 Å². The molecule has 1 heterocycles. The normalized spacial score (nSPS) is 26.2. The van der Waals surface area contributed by atoms with E-state index in [0.29, 0.717) is 5.88 Å². The van der Waals surface area contributed by atoms with Gasteiger partial charge < -0.3 is 20.7 Å². The second-order valence-electron chi connectivity index (χ2n) is 4.41. The van der Waals surface area contributed by atoms with Crippen LogP contribution < -0.4 is 5.73 Å². The van der Waals surface area contributed by atoms with E-state index in [4.69, 9.17) is 20.7 Å². The van der Waals surface area contributed by atoms with E-state index in [-0.39, 0.29) is 6.54 Å². The van der Waals surface area contributed by atoms with Crippen molar-refractivity contribution in [1.29, 1.82) is 0 Å². The number of hydrogen-bond donors (Lipinski definition) is 3. The van der Waals surface area contributed by atoms with Crippen LogP contribution in [0.2, 0.25) is 0 Å². The predicted molar refractivity (Wildman–Crippen MR) is 59.7 cm³/mol. The lowest BCUT2D eigenvalue weighted by atomic mass is 9.82. The average molecular weight is 226 g/mol. The van der Waals surface area contributed by atoms with Gasteiger partial charge in [0.1, 0.15) is 0 Å². The summed E-state index contributed by atoms with van der Waals surface area (Å²) in [5.41, 5.74) is 6.04. The van der Waals surface area contributed by atoms with E-state index < -0.39 is 11.9 Å². The molecule has 1 saturated carbocycles. The van der Waals surface area contributed by atoms with E-state index in [1.54, 1.807) is 6.08 Å². The van der Waals surface area contributed by atoms with E-state index in [0.717, 1.165) is 31.4 Å². The molecule has 0 unspecified atom stereocenters. The topological polar surface area (TPSA) is 88.1 Å². The second-order valence-corrected chi connectivity index (χ2v) is 4.41. The summed E-state index contributed by atoms with van der Waals surface area (Å²) in [6, 6.07) is 0. The standard InChI is InChI=1S/C11H18N2O3/c12-9-6-8(13-7-10(14)15)11(16-9)4-2-1-3-5-11/h6,10,14-15H,1-5,7,12H2. The zero-order chi connectivity index (χ0) is 11.6. The maximum absolute atomic E-state index is 8.82. The van der Waals surface area contributed by atoms with Crippen LogP contribution in [-0.4, -0.2) is 34.4 Å². The van der Waals surface area contributed by atoms with Gasteiger partial charge in [0.15, 0.2) is 17.8 Å².